The van der Waals surface area contributed by atoms with Crippen LogP contribution < -0.4 is 5.32 Å². The fourth-order valence-electron chi connectivity index (χ4n) is 14.1. The summed E-state index contributed by atoms with van der Waals surface area (Å²) in [4.78, 5) is 36.9. The van der Waals surface area contributed by atoms with Crippen molar-refractivity contribution in [3.8, 4) is 0 Å². The Kier molecular flexibility index (Phi) is 31.0. The van der Waals surface area contributed by atoms with E-state index in [0.29, 0.717) is 74.7 Å². The minimum Gasteiger partial charge on any atom is -0.481 e. The number of Topliss-reactive ketones (excluding diaryl/α,β-unsaturated/α-hetero) is 2. The van der Waals surface area contributed by atoms with Crippen molar-refractivity contribution >= 4 is 52.7 Å². The summed E-state index contributed by atoms with van der Waals surface area (Å²) in [5.41, 5.74) is 19.7. The van der Waals surface area contributed by atoms with E-state index in [4.69, 9.17) is 13.7 Å². The van der Waals surface area contributed by atoms with Gasteiger partial charge in [0.1, 0.15) is 29.1 Å². The summed E-state index contributed by atoms with van der Waals surface area (Å²) in [6.45, 7) is 19.8. The number of hydrogen-bond donors (Lipinski definition) is 3. The molecule has 0 radical (unpaired) electrons. The van der Waals surface area contributed by atoms with E-state index in [1.54, 1.807) is 55.1 Å². The van der Waals surface area contributed by atoms with Crippen molar-refractivity contribution in [2.45, 2.75) is 142 Å². The van der Waals surface area contributed by atoms with Gasteiger partial charge >= 0.3 is 5.97 Å². The summed E-state index contributed by atoms with van der Waals surface area (Å²) in [5, 5.41) is 52.6. The Morgan fingerprint density at radius 1 is 0.544 bits per heavy atom. The van der Waals surface area contributed by atoms with Gasteiger partial charge in [-0.2, -0.15) is 49.2 Å². The number of aryl methyl sites for hydroxylation is 1. The van der Waals surface area contributed by atoms with Crippen molar-refractivity contribution in [2.24, 2.45) is 11.8 Å². The van der Waals surface area contributed by atoms with Gasteiger partial charge in [0.2, 0.25) is 0 Å². The summed E-state index contributed by atoms with van der Waals surface area (Å²) in [6.07, 6.45) is 18.2. The largest absolute Gasteiger partial charge is 0.481 e. The van der Waals surface area contributed by atoms with E-state index in [9.17, 15) is 49.9 Å². The molecule has 114 heavy (non-hydrogen) atoms. The van der Waals surface area contributed by atoms with Gasteiger partial charge in [-0.25, -0.2) is 22.0 Å². The number of carbonyl (C=O) groups is 3. The third-order valence-corrected chi connectivity index (χ3v) is 26.5. The highest BCUT2D eigenvalue weighted by molar-refractivity contribution is 7.86. The Bertz CT molecular complexity index is 5010. The number of aliphatic hydroxyl groups excluding tert-OH is 1. The number of likely N-dealkylation sites (tertiary alicyclic amines) is 1. The first-order valence-electron chi connectivity index (χ1n) is 38.5. The highest BCUT2D eigenvalue weighted by Gasteiger charge is 2.39. The van der Waals surface area contributed by atoms with Crippen LogP contribution in [0, 0.1) is 47.8 Å². The minimum atomic E-state index is -3.47. The number of aliphatic carboxylic acids is 1. The van der Waals surface area contributed by atoms with Crippen LogP contribution in [0.2, 0.25) is 18.1 Å². The highest BCUT2D eigenvalue weighted by Crippen LogP contribution is 2.42. The number of allylic oxidation sites excluding steroid dienone is 3. The molecule has 3 N–H and O–H groups in total. The maximum Gasteiger partial charge on any atom is 0.304 e. The van der Waals surface area contributed by atoms with Gasteiger partial charge in [0, 0.05) is 86.8 Å². The summed E-state index contributed by atoms with van der Waals surface area (Å²) in [7, 11) is -5.23. The number of halogens is 5. The zero-order valence-electron chi connectivity index (χ0n) is 65.6. The minimum absolute atomic E-state index is 0.0495. The topological polar surface area (TPSA) is 263 Å². The molecule has 2 aliphatic heterocycles. The average Bonchev–Trinajstić information content (AvgIpc) is 1.65. The Morgan fingerprint density at radius 3 is 1.27 bits per heavy atom. The molecule has 7 aliphatic rings. The Hall–Kier alpha value is -9.93. The Labute approximate surface area is 665 Å². The Morgan fingerprint density at radius 2 is 0.930 bits per heavy atom. The summed E-state index contributed by atoms with van der Waals surface area (Å²) in [6, 6.07) is 38.4. The van der Waals surface area contributed by atoms with Crippen LogP contribution >= 0.6 is 0 Å². The van der Waals surface area contributed by atoms with E-state index in [0.717, 1.165) is 111 Å². The van der Waals surface area contributed by atoms with E-state index in [-0.39, 0.29) is 65.4 Å². The highest BCUT2D eigenvalue weighted by atomic mass is 32.2. The van der Waals surface area contributed by atoms with Crippen LogP contribution in [0.25, 0.3) is 16.7 Å². The predicted octanol–water partition coefficient (Wildman–Crippen LogP) is 15.4. The monoisotopic (exact) mass is 1590 g/mol. The number of aromatic nitrogens is 8. The number of nitrogens with one attached hydrogen (secondary N) is 1. The first-order valence-corrected chi connectivity index (χ1v) is 43.2. The maximum atomic E-state index is 13.6. The predicted molar refractivity (Wildman–Crippen MR) is 431 cm³/mol. The second kappa shape index (κ2) is 40.9. The number of carboxylic acids is 1. The molecule has 26 heteroatoms. The molecule has 2 fully saturated rings. The third-order valence-electron chi connectivity index (χ3n) is 21.3. The van der Waals surface area contributed by atoms with E-state index in [1.807, 2.05) is 67.6 Å². The van der Waals surface area contributed by atoms with Crippen molar-refractivity contribution in [2.75, 3.05) is 58.8 Å². The van der Waals surface area contributed by atoms with Crippen molar-refractivity contribution in [1.29, 1.82) is 0 Å². The number of aliphatic hydroxyl groups is 1. The lowest BCUT2D eigenvalue weighted by molar-refractivity contribution is -0.137. The number of rotatable bonds is 21. The number of ketones is 2. The molecule has 0 saturated carbocycles. The van der Waals surface area contributed by atoms with E-state index in [2.05, 4.69) is 84.9 Å². The van der Waals surface area contributed by atoms with Crippen molar-refractivity contribution in [1.82, 2.24) is 51.0 Å². The summed E-state index contributed by atoms with van der Waals surface area (Å²) in [5.74, 6) is -2.92. The average molecular weight is 1600 g/mol. The molecule has 2 atom stereocenters. The van der Waals surface area contributed by atoms with Crippen LogP contribution in [0.4, 0.5) is 22.0 Å². The van der Waals surface area contributed by atoms with Crippen LogP contribution in [0.3, 0.4) is 0 Å². The molecule has 2 unspecified atom stereocenters. The molecule has 19 nitrogen and oxygen atoms in total. The van der Waals surface area contributed by atoms with Crippen LogP contribution in [0.1, 0.15) is 154 Å². The van der Waals surface area contributed by atoms with Gasteiger partial charge in [-0.3, -0.25) is 18.6 Å². The van der Waals surface area contributed by atoms with Crippen LogP contribution in [0.5, 0.6) is 0 Å². The van der Waals surface area contributed by atoms with Crippen LogP contribution in [-0.2, 0) is 74.9 Å². The van der Waals surface area contributed by atoms with Crippen LogP contribution in [0.15, 0.2) is 181 Å². The van der Waals surface area contributed by atoms with Gasteiger partial charge < -0.3 is 24.9 Å². The van der Waals surface area contributed by atoms with Gasteiger partial charge in [0.05, 0.1) is 42.1 Å². The fourth-order valence-corrected chi connectivity index (χ4v) is 15.5. The van der Waals surface area contributed by atoms with Gasteiger partial charge in [0.15, 0.2) is 19.9 Å². The number of benzene rings is 5. The van der Waals surface area contributed by atoms with Crippen LogP contribution in [-0.4, -0.2) is 149 Å². The fraction of sp³-hybridized carbons (Fsp3) is 0.375. The Balaban J connectivity index is 0.000000146. The molecule has 0 bridgehead atoms. The number of fused-ring (bicyclic) bond motifs is 5. The number of hydrogen-bond acceptors (Lipinski definition) is 18. The van der Waals surface area contributed by atoms with Gasteiger partial charge in [-0.15, -0.1) is 0 Å². The zero-order chi connectivity index (χ0) is 81.5. The third kappa shape index (κ3) is 25.0. The van der Waals surface area contributed by atoms with Crippen molar-refractivity contribution in [3.05, 3.63) is 289 Å². The second-order valence-electron chi connectivity index (χ2n) is 30.6. The molecule has 16 rings (SSSR count). The molecule has 5 aliphatic carbocycles. The second-order valence-corrected chi connectivity index (χ2v) is 37.1. The maximum absolute atomic E-state index is 13.6. The molecule has 0 spiro atoms. The number of carboxylic acid groups (broad SMARTS) is 1. The summed E-state index contributed by atoms with van der Waals surface area (Å²) >= 11 is 0. The smallest absolute Gasteiger partial charge is 0.304 e. The normalized spacial score (nSPS) is 16.2. The standard InChI is InChI=1S/C19H20FN3.C17H17FN2O3S.C17H25FO2Si.C16H15FN2O.C11H9FO3.C5H6N2.C3H7N/c20-16-4-5-18-15(12-16)11-14(6-10-23-8-2-9-23)19(18)13-17-3-1-7-21-22-17;1-24(21,22)23-8-6-12-9-13-10-14(18)4-5-16(13)17(12)11-15-3-2-7-19-20-15;1-17(2,3)21(4,5)20-9-8-12-10-13-11-14(18)6-7-15(13)16(12)19;17-13-3-4-15-12(9-13)8-11(5-7-20)16(15)10-14-2-1-6-18-19-14;12-8-1-2-9-6(4-8)3-7(11(9)15)5-10(13)14;1-5-3-2-4-6-7-5;1-2-4-3-1/h1,3-5,7,12H,2,6,8-11,13H2;2-5,7,10H,6,8-9,11H2,1H3;6-7,11-12H,8-10H2,1-5H3;1-4,6,9,20H,5,7-8,10H2;1-2,4,7H,3,5H2,(H,13,14);2-4H,1H3;4H,1-3H2. The lowest BCUT2D eigenvalue weighted by Crippen LogP contribution is -2.41. The van der Waals surface area contributed by atoms with E-state index >= 15 is 0 Å². The first-order chi connectivity index (χ1) is 54.6. The van der Waals surface area contributed by atoms with E-state index < -0.39 is 36.1 Å². The number of carbonyl (C=O) groups excluding carboxylic acids is 2. The van der Waals surface area contributed by atoms with E-state index in [1.165, 1.54) is 110 Å². The molecule has 9 aromatic rings. The lowest BCUT2D eigenvalue weighted by atomic mass is 9.99. The molecular weight excluding hydrogens is 1500 g/mol. The molecule has 5 aromatic carbocycles. The zero-order valence-corrected chi connectivity index (χ0v) is 67.4. The van der Waals surface area contributed by atoms with Gasteiger partial charge in [0.25, 0.3) is 10.1 Å². The van der Waals surface area contributed by atoms with Gasteiger partial charge in [-0.1, -0.05) is 55.7 Å². The van der Waals surface area contributed by atoms with Gasteiger partial charge in [-0.05, 0) is 304 Å². The quantitative estimate of drug-likeness (QED) is 0.0343. The summed E-state index contributed by atoms with van der Waals surface area (Å²) < 4.78 is 99.7. The number of nitrogens with zero attached hydrogens (tertiary/aromatic N) is 9. The lowest BCUT2D eigenvalue weighted by Gasteiger charge is -2.36. The first kappa shape index (κ1) is 86.5. The van der Waals surface area contributed by atoms with Crippen molar-refractivity contribution < 1.29 is 63.6 Å². The van der Waals surface area contributed by atoms with Crippen molar-refractivity contribution in [3.63, 3.8) is 0 Å². The molecule has 4 aromatic heterocycles. The SMILES string of the molecule is C1CNC1.CC(C)(C)[Si](C)(C)OCCC1Cc2cc(F)ccc2C1=O.CS(=O)(=O)OCCC1=C(Cc2cccnn2)c2ccc(F)cc2C1.Cc1cccnn1.Fc1ccc2c(c1)CC(CCN1CCC1)=C2Cc1cccnn1.O=C(O)CC1Cc2cc(F)ccc2C1=O.OCCC1=C(Cc2cccnn2)c2ccc(F)cc2C1. The molecule has 2 saturated heterocycles. The molecule has 600 valence electrons. The molecule has 0 amide bonds. The molecule has 6 heterocycles. The molecular formula is C88H99F5N10O9SSi.